The van der Waals surface area contributed by atoms with E-state index in [1.54, 1.807) is 43.5 Å². The van der Waals surface area contributed by atoms with Crippen LogP contribution >= 0.6 is 11.8 Å². The molecule has 1 unspecified atom stereocenters. The Balaban J connectivity index is 1.52. The monoisotopic (exact) mass is 503 g/mol. The molecular weight excluding hydrogens is 477 g/mol. The Morgan fingerprint density at radius 2 is 1.91 bits per heavy atom. The van der Waals surface area contributed by atoms with Gasteiger partial charge < -0.3 is 15.1 Å². The highest BCUT2D eigenvalue weighted by Crippen LogP contribution is 2.44. The number of nitrogens with one attached hydrogen (secondary N) is 1. The summed E-state index contributed by atoms with van der Waals surface area (Å²) >= 11 is 1.17. The zero-order valence-electron chi connectivity index (χ0n) is 18.6. The van der Waals surface area contributed by atoms with Gasteiger partial charge in [-0.25, -0.2) is 4.39 Å². The molecule has 34 heavy (non-hydrogen) atoms. The highest BCUT2D eigenvalue weighted by molar-refractivity contribution is 8.09. The Bertz CT molecular complexity index is 1260. The Morgan fingerprint density at radius 1 is 1.18 bits per heavy atom. The first-order valence-electron chi connectivity index (χ1n) is 11.2. The molecule has 7 nitrogen and oxygen atoms in total. The molecule has 0 radical (unpaired) electrons. The van der Waals surface area contributed by atoms with Crippen molar-refractivity contribution in [3.8, 4) is 0 Å². The zero-order valence-corrected chi connectivity index (χ0v) is 20.3. The number of anilines is 1. The van der Waals surface area contributed by atoms with Gasteiger partial charge in [0.2, 0.25) is 0 Å². The van der Waals surface area contributed by atoms with Gasteiger partial charge in [0, 0.05) is 29.3 Å². The molecular formula is C24H26FN3O4S2. The third-order valence-electron chi connectivity index (χ3n) is 6.77. The molecule has 2 N–H and O–H groups in total. The van der Waals surface area contributed by atoms with E-state index in [1.165, 1.54) is 28.8 Å². The van der Waals surface area contributed by atoms with Gasteiger partial charge in [0.25, 0.3) is 16.0 Å². The first-order chi connectivity index (χ1) is 16.2. The van der Waals surface area contributed by atoms with Gasteiger partial charge in [-0.2, -0.15) is 8.42 Å². The van der Waals surface area contributed by atoms with Gasteiger partial charge in [-0.1, -0.05) is 36.0 Å². The summed E-state index contributed by atoms with van der Waals surface area (Å²) in [6.07, 6.45) is 3.67. The van der Waals surface area contributed by atoms with Crippen molar-refractivity contribution in [3.05, 3.63) is 65.6 Å². The van der Waals surface area contributed by atoms with E-state index in [9.17, 15) is 22.2 Å². The van der Waals surface area contributed by atoms with E-state index in [0.717, 1.165) is 38.0 Å². The Kier molecular flexibility index (Phi) is 6.18. The lowest BCUT2D eigenvalue weighted by atomic mass is 9.84. The second-order valence-corrected chi connectivity index (χ2v) is 11.6. The average Bonchev–Trinajstić information content (AvgIpc) is 3.25. The fraction of sp³-hybridized carbons (Fsp3) is 0.375. The van der Waals surface area contributed by atoms with Crippen molar-refractivity contribution in [1.82, 2.24) is 10.2 Å². The molecule has 1 amide bonds. The third-order valence-corrected chi connectivity index (χ3v) is 8.91. The lowest BCUT2D eigenvalue weighted by molar-refractivity contribution is -0.122. The number of hydrogen-bond donors (Lipinski definition) is 2. The van der Waals surface area contributed by atoms with Crippen molar-refractivity contribution in [3.63, 3.8) is 0 Å². The normalized spacial score (nSPS) is 26.4. The van der Waals surface area contributed by atoms with E-state index in [-0.39, 0.29) is 22.5 Å². The fourth-order valence-corrected chi connectivity index (χ4v) is 6.84. The van der Waals surface area contributed by atoms with Crippen LogP contribution in [0.5, 0.6) is 0 Å². The average molecular weight is 504 g/mol. The first kappa shape index (κ1) is 23.3. The van der Waals surface area contributed by atoms with Crippen LogP contribution in [0, 0.1) is 18.7 Å². The number of hydrogen-bond acceptors (Lipinski definition) is 6. The predicted octanol–water partition coefficient (Wildman–Crippen LogP) is 3.47. The fourth-order valence-electron chi connectivity index (χ4n) is 5.00. The summed E-state index contributed by atoms with van der Waals surface area (Å²) < 4.78 is 48.7. The highest BCUT2D eigenvalue weighted by atomic mass is 32.2. The lowest BCUT2D eigenvalue weighted by Gasteiger charge is -2.45. The number of carbonyl (C=O) groups is 1. The van der Waals surface area contributed by atoms with Crippen molar-refractivity contribution in [2.24, 2.45) is 5.92 Å². The molecule has 2 bridgehead atoms. The maximum atomic E-state index is 14.6. The van der Waals surface area contributed by atoms with Crippen molar-refractivity contribution in [2.75, 3.05) is 24.5 Å². The Hall–Kier alpha value is -2.40. The summed E-state index contributed by atoms with van der Waals surface area (Å²) in [5.41, 5.74) is 1.27. The van der Waals surface area contributed by atoms with E-state index in [4.69, 9.17) is 0 Å². The molecule has 3 fully saturated rings. The van der Waals surface area contributed by atoms with Crippen molar-refractivity contribution in [1.29, 1.82) is 0 Å². The van der Waals surface area contributed by atoms with Crippen LogP contribution < -0.4 is 10.2 Å². The van der Waals surface area contributed by atoms with Crippen LogP contribution in [0.2, 0.25) is 0 Å². The standard InChI is InChI=1S/C24H26FN3O4S2/c1-15-6-7-22(34(30,31)32)20(12-15)28-14-21(17-4-2-3-5-18(17)25)33-24(28)23(29)26-19-13-27-10-8-16(19)9-11-27/h2-7,12,14,16,19,24H,8-11,13H2,1H3,(H,26,29)(H,30,31,32)/t19-,24?/m0/s1. The molecule has 0 saturated carbocycles. The summed E-state index contributed by atoms with van der Waals surface area (Å²) in [4.78, 5) is 17.6. The summed E-state index contributed by atoms with van der Waals surface area (Å²) in [5, 5.41) is 2.31. The molecule has 2 aromatic rings. The molecule has 180 valence electrons. The molecule has 3 saturated heterocycles. The van der Waals surface area contributed by atoms with E-state index < -0.39 is 21.3 Å². The minimum Gasteiger partial charge on any atom is -0.349 e. The molecule has 0 aromatic heterocycles. The Morgan fingerprint density at radius 3 is 2.56 bits per heavy atom. The van der Waals surface area contributed by atoms with Gasteiger partial charge in [0.05, 0.1) is 5.69 Å². The number of halogens is 1. The minimum absolute atomic E-state index is 0.0218. The van der Waals surface area contributed by atoms with Crippen LogP contribution in [0.15, 0.2) is 53.6 Å². The van der Waals surface area contributed by atoms with Crippen LogP contribution in [0.1, 0.15) is 24.0 Å². The van der Waals surface area contributed by atoms with E-state index in [1.807, 2.05) is 0 Å². The molecule has 6 rings (SSSR count). The zero-order chi connectivity index (χ0) is 24.0. The maximum absolute atomic E-state index is 14.6. The van der Waals surface area contributed by atoms with Gasteiger partial charge in [0.15, 0.2) is 5.37 Å². The van der Waals surface area contributed by atoms with E-state index in [0.29, 0.717) is 16.4 Å². The van der Waals surface area contributed by atoms with Gasteiger partial charge in [-0.15, -0.1) is 0 Å². The van der Waals surface area contributed by atoms with Crippen LogP contribution in [0.3, 0.4) is 0 Å². The number of rotatable bonds is 5. The predicted molar refractivity (Wildman–Crippen MR) is 130 cm³/mol. The molecule has 2 atom stereocenters. The number of benzene rings is 2. The highest BCUT2D eigenvalue weighted by Gasteiger charge is 2.40. The van der Waals surface area contributed by atoms with Crippen LogP contribution in [0.4, 0.5) is 10.1 Å². The van der Waals surface area contributed by atoms with Gasteiger partial charge in [-0.3, -0.25) is 9.35 Å². The summed E-state index contributed by atoms with van der Waals surface area (Å²) in [6.45, 7) is 4.68. The summed E-state index contributed by atoms with van der Waals surface area (Å²) in [7, 11) is -4.55. The number of carbonyl (C=O) groups excluding carboxylic acids is 1. The molecule has 10 heteroatoms. The maximum Gasteiger partial charge on any atom is 0.296 e. The van der Waals surface area contributed by atoms with Crippen molar-refractivity contribution < 1.29 is 22.2 Å². The molecule has 2 aromatic carbocycles. The molecule has 4 aliphatic rings. The lowest BCUT2D eigenvalue weighted by Crippen LogP contribution is -2.59. The van der Waals surface area contributed by atoms with E-state index in [2.05, 4.69) is 10.2 Å². The van der Waals surface area contributed by atoms with Crippen LogP contribution in [-0.4, -0.2) is 54.8 Å². The molecule has 4 heterocycles. The number of amides is 1. The topological polar surface area (TPSA) is 90.0 Å². The Labute approximate surface area is 202 Å². The van der Waals surface area contributed by atoms with Gasteiger partial charge >= 0.3 is 0 Å². The smallest absolute Gasteiger partial charge is 0.296 e. The SMILES string of the molecule is Cc1ccc(S(=O)(=O)O)c(N2C=C(c3ccccc3F)SC2C(=O)N[C@H]2CN3CCC2CC3)c1. The summed E-state index contributed by atoms with van der Waals surface area (Å²) in [5.74, 6) is -0.284. The first-order valence-corrected chi connectivity index (χ1v) is 13.6. The quantitative estimate of drug-likeness (QED) is 0.604. The van der Waals surface area contributed by atoms with Crippen molar-refractivity contribution in [2.45, 2.75) is 36.1 Å². The van der Waals surface area contributed by atoms with Crippen LogP contribution in [0.25, 0.3) is 4.91 Å². The third kappa shape index (κ3) is 4.47. The number of piperidine rings is 3. The number of thioether (sulfide) groups is 1. The summed E-state index contributed by atoms with van der Waals surface area (Å²) in [6, 6.07) is 10.8. The number of fused-ring (bicyclic) bond motifs is 3. The van der Waals surface area contributed by atoms with Crippen LogP contribution in [-0.2, 0) is 14.9 Å². The molecule has 0 aliphatic carbocycles. The minimum atomic E-state index is -4.55. The number of nitrogens with zero attached hydrogens (tertiary/aromatic N) is 2. The van der Waals surface area contributed by atoms with E-state index >= 15 is 0 Å². The largest absolute Gasteiger partial charge is 0.349 e. The van der Waals surface area contributed by atoms with Gasteiger partial charge in [0.1, 0.15) is 10.7 Å². The molecule has 4 aliphatic heterocycles. The second kappa shape index (κ2) is 8.99. The second-order valence-electron chi connectivity index (χ2n) is 9.05. The van der Waals surface area contributed by atoms with Gasteiger partial charge in [-0.05, 0) is 62.5 Å². The number of aryl methyl sites for hydroxylation is 1. The molecule has 0 spiro atoms. The van der Waals surface area contributed by atoms with Crippen molar-refractivity contribution >= 4 is 38.4 Å².